The van der Waals surface area contributed by atoms with E-state index in [1.54, 1.807) is 19.2 Å². The molecule has 0 spiro atoms. The summed E-state index contributed by atoms with van der Waals surface area (Å²) in [6.07, 6.45) is 0. The van der Waals surface area contributed by atoms with Gasteiger partial charge < -0.3 is 13.7 Å². The lowest BCUT2D eigenvalue weighted by atomic mass is 10.1. The first-order chi connectivity index (χ1) is 12.5. The smallest absolute Gasteiger partial charge is 0.315 e. The Morgan fingerprint density at radius 2 is 1.96 bits per heavy atom. The number of furan rings is 1. The van der Waals surface area contributed by atoms with Crippen LogP contribution in [0.15, 0.2) is 45.8 Å². The summed E-state index contributed by atoms with van der Waals surface area (Å²) >= 11 is 1.51. The Balaban J connectivity index is 1.85. The molecule has 0 aliphatic rings. The fourth-order valence-electron chi connectivity index (χ4n) is 3.11. The molecule has 0 unspecified atom stereocenters. The fraction of sp³-hybridized carbons (Fsp3) is 0.200. The summed E-state index contributed by atoms with van der Waals surface area (Å²) in [5, 5.41) is 0.815. The van der Waals surface area contributed by atoms with Crippen LogP contribution in [-0.4, -0.2) is 17.6 Å². The van der Waals surface area contributed by atoms with Crippen molar-refractivity contribution in [1.29, 1.82) is 0 Å². The first-order valence-corrected chi connectivity index (χ1v) is 9.02. The molecule has 0 aliphatic heterocycles. The molecule has 0 bridgehead atoms. The zero-order valence-electron chi connectivity index (χ0n) is 15.0. The highest BCUT2D eigenvalue weighted by Gasteiger charge is 2.15. The summed E-state index contributed by atoms with van der Waals surface area (Å²) in [4.78, 5) is 17.6. The second-order valence-electron chi connectivity index (χ2n) is 6.23. The minimum absolute atomic E-state index is 0.204. The minimum Gasteiger partial charge on any atom is -0.493 e. The Kier molecular flexibility index (Phi) is 3.92. The van der Waals surface area contributed by atoms with Crippen molar-refractivity contribution >= 4 is 38.4 Å². The standard InChI is InChI=1S/C20H18N2O3S/c1-11-8-9-12(2)18-16(11)22(3)20(26-18)21-19(23)15-10-13-6-5-7-14(24-4)17(13)25-15/h5-10H,1-4H3. The van der Waals surface area contributed by atoms with Gasteiger partial charge in [-0.25, -0.2) is 0 Å². The van der Waals surface area contributed by atoms with Gasteiger partial charge in [-0.1, -0.05) is 35.6 Å². The summed E-state index contributed by atoms with van der Waals surface area (Å²) in [6.45, 7) is 4.13. The van der Waals surface area contributed by atoms with Crippen LogP contribution in [-0.2, 0) is 7.05 Å². The number of thiazole rings is 1. The van der Waals surface area contributed by atoms with Crippen molar-refractivity contribution in [3.8, 4) is 5.75 Å². The lowest BCUT2D eigenvalue weighted by molar-refractivity contribution is 0.0973. The fourth-order valence-corrected chi connectivity index (χ4v) is 4.28. The molecule has 4 aromatic rings. The molecule has 1 amide bonds. The topological polar surface area (TPSA) is 56.7 Å². The van der Waals surface area contributed by atoms with Crippen molar-refractivity contribution in [2.75, 3.05) is 7.11 Å². The first kappa shape index (κ1) is 16.6. The molecule has 0 aliphatic carbocycles. The summed E-state index contributed by atoms with van der Waals surface area (Å²) in [7, 11) is 3.50. The molecule has 0 fully saturated rings. The van der Waals surface area contributed by atoms with Gasteiger partial charge in [-0.3, -0.25) is 4.79 Å². The Labute approximate surface area is 154 Å². The molecule has 4 rings (SSSR count). The van der Waals surface area contributed by atoms with Crippen molar-refractivity contribution in [1.82, 2.24) is 4.57 Å². The average Bonchev–Trinajstić information content (AvgIpc) is 3.21. The van der Waals surface area contributed by atoms with Gasteiger partial charge in [0.2, 0.25) is 0 Å². The zero-order valence-corrected chi connectivity index (χ0v) is 15.8. The van der Waals surface area contributed by atoms with E-state index in [9.17, 15) is 4.79 Å². The lowest BCUT2D eigenvalue weighted by Gasteiger charge is -2.01. The SMILES string of the molecule is COc1cccc2cc(C(=O)N=c3sc4c(C)ccc(C)c4n3C)oc12. The van der Waals surface area contributed by atoms with Gasteiger partial charge in [-0.2, -0.15) is 4.99 Å². The number of hydrogen-bond acceptors (Lipinski definition) is 4. The maximum atomic E-state index is 12.7. The second kappa shape index (κ2) is 6.14. The Morgan fingerprint density at radius 1 is 1.19 bits per heavy atom. The molecule has 26 heavy (non-hydrogen) atoms. The van der Waals surface area contributed by atoms with Crippen molar-refractivity contribution in [3.05, 3.63) is 58.1 Å². The number of benzene rings is 2. The van der Waals surface area contributed by atoms with E-state index < -0.39 is 5.91 Å². The highest BCUT2D eigenvalue weighted by molar-refractivity contribution is 7.16. The van der Waals surface area contributed by atoms with Gasteiger partial charge in [0.15, 0.2) is 21.9 Å². The van der Waals surface area contributed by atoms with Gasteiger partial charge in [-0.05, 0) is 37.1 Å². The van der Waals surface area contributed by atoms with E-state index in [0.29, 0.717) is 16.1 Å². The Bertz CT molecular complexity index is 1230. The lowest BCUT2D eigenvalue weighted by Crippen LogP contribution is -2.13. The maximum absolute atomic E-state index is 12.7. The van der Waals surface area contributed by atoms with Gasteiger partial charge in [0.25, 0.3) is 0 Å². The second-order valence-corrected chi connectivity index (χ2v) is 7.20. The molecule has 0 radical (unpaired) electrons. The van der Waals surface area contributed by atoms with E-state index in [1.807, 2.05) is 23.7 Å². The number of para-hydroxylation sites is 1. The third-order valence-corrected chi connectivity index (χ3v) is 5.75. The Morgan fingerprint density at radius 3 is 2.69 bits per heavy atom. The monoisotopic (exact) mass is 366 g/mol. The number of nitrogens with zero attached hydrogens (tertiary/aromatic N) is 2. The number of amides is 1. The molecule has 2 aromatic carbocycles. The molecule has 132 valence electrons. The van der Waals surface area contributed by atoms with Crippen LogP contribution in [0.5, 0.6) is 5.75 Å². The van der Waals surface area contributed by atoms with E-state index in [2.05, 4.69) is 31.0 Å². The van der Waals surface area contributed by atoms with E-state index in [0.717, 1.165) is 21.2 Å². The van der Waals surface area contributed by atoms with E-state index in [-0.39, 0.29) is 5.76 Å². The van der Waals surface area contributed by atoms with Crippen LogP contribution in [0.4, 0.5) is 0 Å². The van der Waals surface area contributed by atoms with Crippen LogP contribution >= 0.6 is 11.3 Å². The third kappa shape index (κ3) is 2.54. The molecule has 0 saturated carbocycles. The van der Waals surface area contributed by atoms with Gasteiger partial charge in [0.1, 0.15) is 0 Å². The van der Waals surface area contributed by atoms with Crippen LogP contribution in [0.25, 0.3) is 21.2 Å². The molecule has 0 saturated heterocycles. The zero-order chi connectivity index (χ0) is 18.4. The molecule has 0 N–H and O–H groups in total. The summed E-state index contributed by atoms with van der Waals surface area (Å²) in [6, 6.07) is 11.4. The molecular weight excluding hydrogens is 348 g/mol. The molecular formula is C20H18N2O3S. The number of carbonyl (C=O) groups excluding carboxylic acids is 1. The average molecular weight is 366 g/mol. The van der Waals surface area contributed by atoms with Crippen LogP contribution in [0.3, 0.4) is 0 Å². The number of methoxy groups -OCH3 is 1. The summed E-state index contributed by atoms with van der Waals surface area (Å²) in [5.74, 6) is 0.399. The number of carbonyl (C=O) groups is 1. The van der Waals surface area contributed by atoms with Crippen molar-refractivity contribution < 1.29 is 13.9 Å². The predicted molar refractivity (Wildman–Crippen MR) is 103 cm³/mol. The quantitative estimate of drug-likeness (QED) is 0.530. The minimum atomic E-state index is -0.402. The van der Waals surface area contributed by atoms with Crippen LogP contribution in [0.2, 0.25) is 0 Å². The third-order valence-electron chi connectivity index (χ3n) is 4.48. The van der Waals surface area contributed by atoms with E-state index in [4.69, 9.17) is 9.15 Å². The van der Waals surface area contributed by atoms with Crippen LogP contribution in [0.1, 0.15) is 21.7 Å². The van der Waals surface area contributed by atoms with E-state index in [1.165, 1.54) is 16.9 Å². The Hall–Kier alpha value is -2.86. The molecule has 6 heteroatoms. The normalized spacial score (nSPS) is 12.2. The van der Waals surface area contributed by atoms with Crippen LogP contribution in [0, 0.1) is 13.8 Å². The maximum Gasteiger partial charge on any atom is 0.315 e. The van der Waals surface area contributed by atoms with Gasteiger partial charge >= 0.3 is 5.91 Å². The number of rotatable bonds is 2. The number of aromatic nitrogens is 1. The predicted octanol–water partition coefficient (Wildman–Crippen LogP) is 4.35. The number of aryl methyl sites for hydroxylation is 3. The largest absolute Gasteiger partial charge is 0.493 e. The number of hydrogen-bond donors (Lipinski definition) is 0. The number of ether oxygens (including phenoxy) is 1. The molecule has 0 atom stereocenters. The van der Waals surface area contributed by atoms with Gasteiger partial charge in [0.05, 0.1) is 17.3 Å². The van der Waals surface area contributed by atoms with Crippen molar-refractivity contribution in [2.45, 2.75) is 13.8 Å². The first-order valence-electron chi connectivity index (χ1n) is 8.21. The van der Waals surface area contributed by atoms with Gasteiger partial charge in [0, 0.05) is 12.4 Å². The van der Waals surface area contributed by atoms with Crippen molar-refractivity contribution in [2.24, 2.45) is 12.0 Å². The summed E-state index contributed by atoms with van der Waals surface area (Å²) in [5.41, 5.74) is 3.99. The highest BCUT2D eigenvalue weighted by Crippen LogP contribution is 2.29. The van der Waals surface area contributed by atoms with Crippen molar-refractivity contribution in [3.63, 3.8) is 0 Å². The van der Waals surface area contributed by atoms with Crippen LogP contribution < -0.4 is 9.54 Å². The molecule has 2 aromatic heterocycles. The molecule has 2 heterocycles. The molecule has 5 nitrogen and oxygen atoms in total. The van der Waals surface area contributed by atoms with E-state index >= 15 is 0 Å². The van der Waals surface area contributed by atoms with Gasteiger partial charge in [-0.15, -0.1) is 0 Å². The summed E-state index contributed by atoms with van der Waals surface area (Å²) < 4.78 is 14.1. The highest BCUT2D eigenvalue weighted by atomic mass is 32.1. The number of fused-ring (bicyclic) bond motifs is 2.